The van der Waals surface area contributed by atoms with E-state index in [1.165, 1.54) is 0 Å². The van der Waals surface area contributed by atoms with E-state index in [1.54, 1.807) is 20.8 Å². The van der Waals surface area contributed by atoms with Gasteiger partial charge in [0.2, 0.25) is 11.8 Å². The number of likely N-dealkylation sites (N-methyl/N-ethyl adjacent to an activating group) is 1. The SMILES string of the molecule is CCNC(=O)[C@H](CC(C)C)NC(=O)[C@H](Cc1ccccc1)NC(=O)OC(C)(C)C. The third kappa shape index (κ3) is 9.96. The third-order valence-corrected chi connectivity index (χ3v) is 3.98. The fourth-order valence-electron chi connectivity index (χ4n) is 2.78. The fraction of sp³-hybridized carbons (Fsp3) is 0.591. The molecule has 0 aliphatic rings. The number of carbonyl (C=O) groups excluding carboxylic acids is 3. The standard InChI is InChI=1S/C22H35N3O4/c1-7-23-19(26)17(13-15(2)3)24-20(27)18(14-16-11-9-8-10-12-16)25-21(28)29-22(4,5)6/h8-12,15,17-18H,7,13-14H2,1-6H3,(H,23,26)(H,24,27)(H,25,28)/t17-,18-/m0/s1. The number of amides is 3. The summed E-state index contributed by atoms with van der Waals surface area (Å²) < 4.78 is 5.30. The van der Waals surface area contributed by atoms with Crippen LogP contribution in [-0.4, -0.2) is 42.1 Å². The molecule has 0 heterocycles. The summed E-state index contributed by atoms with van der Waals surface area (Å²) in [5, 5.41) is 8.20. The molecule has 2 atom stereocenters. The second kappa shape index (κ2) is 11.4. The second-order valence-electron chi connectivity index (χ2n) is 8.47. The molecule has 7 heteroatoms. The molecular weight excluding hydrogens is 370 g/mol. The molecule has 29 heavy (non-hydrogen) atoms. The van der Waals surface area contributed by atoms with Crippen molar-refractivity contribution in [3.05, 3.63) is 35.9 Å². The summed E-state index contributed by atoms with van der Waals surface area (Å²) in [7, 11) is 0. The minimum absolute atomic E-state index is 0.217. The first-order valence-electron chi connectivity index (χ1n) is 10.1. The van der Waals surface area contributed by atoms with Gasteiger partial charge in [0.25, 0.3) is 0 Å². The zero-order valence-electron chi connectivity index (χ0n) is 18.4. The molecule has 0 aliphatic carbocycles. The predicted molar refractivity (Wildman–Crippen MR) is 113 cm³/mol. The van der Waals surface area contributed by atoms with Crippen molar-refractivity contribution in [1.82, 2.24) is 16.0 Å². The molecule has 0 unspecified atom stereocenters. The fourth-order valence-corrected chi connectivity index (χ4v) is 2.78. The average Bonchev–Trinajstić information content (AvgIpc) is 2.59. The average molecular weight is 406 g/mol. The number of hydrogen-bond donors (Lipinski definition) is 3. The lowest BCUT2D eigenvalue weighted by Gasteiger charge is -2.26. The highest BCUT2D eigenvalue weighted by Crippen LogP contribution is 2.10. The first-order chi connectivity index (χ1) is 13.5. The van der Waals surface area contributed by atoms with Crippen LogP contribution in [-0.2, 0) is 20.7 Å². The molecule has 3 amide bonds. The van der Waals surface area contributed by atoms with Crippen LogP contribution in [0.25, 0.3) is 0 Å². The van der Waals surface area contributed by atoms with E-state index in [2.05, 4.69) is 16.0 Å². The van der Waals surface area contributed by atoms with E-state index in [0.29, 0.717) is 13.0 Å². The first-order valence-corrected chi connectivity index (χ1v) is 10.1. The number of rotatable bonds is 9. The molecule has 0 spiro atoms. The van der Waals surface area contributed by atoms with Gasteiger partial charge >= 0.3 is 6.09 Å². The Morgan fingerprint density at radius 2 is 1.59 bits per heavy atom. The molecule has 0 aliphatic heterocycles. The van der Waals surface area contributed by atoms with Gasteiger partial charge in [0.05, 0.1) is 0 Å². The Morgan fingerprint density at radius 1 is 0.966 bits per heavy atom. The van der Waals surface area contributed by atoms with Crippen molar-refractivity contribution in [2.45, 2.75) is 72.1 Å². The van der Waals surface area contributed by atoms with Crippen LogP contribution in [0.1, 0.15) is 53.5 Å². The van der Waals surface area contributed by atoms with Crippen LogP contribution >= 0.6 is 0 Å². The van der Waals surface area contributed by atoms with Gasteiger partial charge in [0.15, 0.2) is 0 Å². The van der Waals surface area contributed by atoms with E-state index in [-0.39, 0.29) is 18.2 Å². The molecule has 1 aromatic carbocycles. The van der Waals surface area contributed by atoms with Gasteiger partial charge < -0.3 is 20.7 Å². The Labute approximate surface area is 174 Å². The number of nitrogens with one attached hydrogen (secondary N) is 3. The van der Waals surface area contributed by atoms with Crippen LogP contribution in [0.4, 0.5) is 4.79 Å². The van der Waals surface area contributed by atoms with E-state index < -0.39 is 29.7 Å². The molecule has 0 aromatic heterocycles. The Bertz CT molecular complexity index is 668. The zero-order chi connectivity index (χ0) is 22.0. The lowest BCUT2D eigenvalue weighted by Crippen LogP contribution is -2.55. The summed E-state index contributed by atoms with van der Waals surface area (Å²) in [4.78, 5) is 37.6. The van der Waals surface area contributed by atoms with Gasteiger partial charge in [-0.05, 0) is 45.6 Å². The van der Waals surface area contributed by atoms with Crippen molar-refractivity contribution in [2.75, 3.05) is 6.54 Å². The van der Waals surface area contributed by atoms with Crippen LogP contribution in [0.3, 0.4) is 0 Å². The van der Waals surface area contributed by atoms with E-state index in [9.17, 15) is 14.4 Å². The molecule has 0 saturated heterocycles. The Morgan fingerprint density at radius 3 is 2.10 bits per heavy atom. The highest BCUT2D eigenvalue weighted by molar-refractivity contribution is 5.91. The molecule has 0 radical (unpaired) electrons. The van der Waals surface area contributed by atoms with Gasteiger partial charge in [-0.15, -0.1) is 0 Å². The van der Waals surface area contributed by atoms with Gasteiger partial charge in [0.1, 0.15) is 17.7 Å². The smallest absolute Gasteiger partial charge is 0.408 e. The highest BCUT2D eigenvalue weighted by atomic mass is 16.6. The lowest BCUT2D eigenvalue weighted by molar-refractivity contribution is -0.130. The third-order valence-electron chi connectivity index (χ3n) is 3.98. The summed E-state index contributed by atoms with van der Waals surface area (Å²) in [5.41, 5.74) is 0.209. The molecule has 162 valence electrons. The Hall–Kier alpha value is -2.57. The number of carbonyl (C=O) groups is 3. The van der Waals surface area contributed by atoms with Crippen LogP contribution in [0, 0.1) is 5.92 Å². The van der Waals surface area contributed by atoms with E-state index in [1.807, 2.05) is 51.1 Å². The number of alkyl carbamates (subject to hydrolysis) is 1. The molecule has 3 N–H and O–H groups in total. The molecule has 0 bridgehead atoms. The van der Waals surface area contributed by atoms with E-state index in [4.69, 9.17) is 4.74 Å². The van der Waals surface area contributed by atoms with Crippen molar-refractivity contribution < 1.29 is 19.1 Å². The van der Waals surface area contributed by atoms with Crippen molar-refractivity contribution in [2.24, 2.45) is 5.92 Å². The minimum Gasteiger partial charge on any atom is -0.444 e. The van der Waals surface area contributed by atoms with Crippen LogP contribution < -0.4 is 16.0 Å². The summed E-state index contributed by atoms with van der Waals surface area (Å²) in [6.07, 6.45) is 0.115. The van der Waals surface area contributed by atoms with Gasteiger partial charge in [-0.3, -0.25) is 9.59 Å². The molecule has 1 aromatic rings. The van der Waals surface area contributed by atoms with Crippen molar-refractivity contribution in [1.29, 1.82) is 0 Å². The van der Waals surface area contributed by atoms with E-state index in [0.717, 1.165) is 5.56 Å². The summed E-state index contributed by atoms with van der Waals surface area (Å²) >= 11 is 0. The molecule has 0 saturated carbocycles. The predicted octanol–water partition coefficient (Wildman–Crippen LogP) is 2.79. The van der Waals surface area contributed by atoms with Gasteiger partial charge in [-0.25, -0.2) is 4.79 Å². The largest absolute Gasteiger partial charge is 0.444 e. The van der Waals surface area contributed by atoms with Crippen molar-refractivity contribution in [3.8, 4) is 0 Å². The maximum absolute atomic E-state index is 13.0. The summed E-state index contributed by atoms with van der Waals surface area (Å²) in [5.74, 6) is -0.434. The quantitative estimate of drug-likeness (QED) is 0.589. The Kier molecular flexibility index (Phi) is 9.65. The van der Waals surface area contributed by atoms with Gasteiger partial charge in [0, 0.05) is 13.0 Å². The zero-order valence-corrected chi connectivity index (χ0v) is 18.4. The monoisotopic (exact) mass is 405 g/mol. The maximum atomic E-state index is 13.0. The summed E-state index contributed by atoms with van der Waals surface area (Å²) in [6.45, 7) is 11.5. The van der Waals surface area contributed by atoms with Crippen LogP contribution in [0.2, 0.25) is 0 Å². The topological polar surface area (TPSA) is 96.5 Å². The lowest BCUT2D eigenvalue weighted by atomic mass is 10.0. The maximum Gasteiger partial charge on any atom is 0.408 e. The minimum atomic E-state index is -0.865. The Balaban J connectivity index is 2.97. The number of ether oxygens (including phenoxy) is 1. The van der Waals surface area contributed by atoms with Gasteiger partial charge in [-0.1, -0.05) is 44.2 Å². The first kappa shape index (κ1) is 24.5. The number of benzene rings is 1. The molecule has 0 fully saturated rings. The van der Waals surface area contributed by atoms with Crippen LogP contribution in [0.15, 0.2) is 30.3 Å². The van der Waals surface area contributed by atoms with Crippen molar-refractivity contribution in [3.63, 3.8) is 0 Å². The normalized spacial score (nSPS) is 13.3. The molecule has 1 rings (SSSR count). The van der Waals surface area contributed by atoms with E-state index >= 15 is 0 Å². The van der Waals surface area contributed by atoms with Crippen LogP contribution in [0.5, 0.6) is 0 Å². The summed E-state index contributed by atoms with van der Waals surface area (Å²) in [6, 6.07) is 7.85. The van der Waals surface area contributed by atoms with Crippen molar-refractivity contribution >= 4 is 17.9 Å². The molecule has 7 nitrogen and oxygen atoms in total. The van der Waals surface area contributed by atoms with Gasteiger partial charge in [-0.2, -0.15) is 0 Å². The number of hydrogen-bond acceptors (Lipinski definition) is 4. The molecular formula is C22H35N3O4. The second-order valence-corrected chi connectivity index (χ2v) is 8.47. The highest BCUT2D eigenvalue weighted by Gasteiger charge is 2.28.